The van der Waals surface area contributed by atoms with Crippen LogP contribution in [0.25, 0.3) is 0 Å². The van der Waals surface area contributed by atoms with Crippen molar-refractivity contribution in [1.29, 1.82) is 0 Å². The quantitative estimate of drug-likeness (QED) is 0.675. The molecule has 2 nitrogen and oxygen atoms in total. The Labute approximate surface area is 72.8 Å². The number of aliphatic carboxylic acids is 1. The number of hydrogen-bond donors (Lipinski definition) is 1. The zero-order valence-electron chi connectivity index (χ0n) is 7.72. The Morgan fingerprint density at radius 2 is 1.75 bits per heavy atom. The summed E-state index contributed by atoms with van der Waals surface area (Å²) in [6, 6.07) is 0. The second-order valence-corrected chi connectivity index (χ2v) is 3.08. The summed E-state index contributed by atoms with van der Waals surface area (Å²) in [4.78, 5) is 10.3. The third-order valence-corrected chi connectivity index (χ3v) is 1.97. The van der Waals surface area contributed by atoms with Gasteiger partial charge in [0.15, 0.2) is 6.17 Å². The summed E-state index contributed by atoms with van der Waals surface area (Å²) in [6.07, 6.45) is 1.35. The van der Waals surface area contributed by atoms with E-state index in [0.717, 1.165) is 12.8 Å². The highest BCUT2D eigenvalue weighted by atomic mass is 19.1. The molecular formula is C9H17FO2. The first-order chi connectivity index (χ1) is 5.63. The van der Waals surface area contributed by atoms with Crippen LogP contribution in [-0.2, 0) is 4.79 Å². The molecule has 0 aromatic rings. The van der Waals surface area contributed by atoms with Gasteiger partial charge in [0, 0.05) is 5.92 Å². The average Bonchev–Trinajstić information content (AvgIpc) is 2.03. The summed E-state index contributed by atoms with van der Waals surface area (Å²) in [5.74, 6) is -1.61. The number of rotatable bonds is 6. The van der Waals surface area contributed by atoms with Crippen LogP contribution in [0.5, 0.6) is 0 Å². The number of halogens is 1. The molecule has 0 spiro atoms. The van der Waals surface area contributed by atoms with Crippen LogP contribution in [0, 0.1) is 5.92 Å². The molecule has 1 unspecified atom stereocenters. The maximum Gasteiger partial charge on any atom is 0.338 e. The van der Waals surface area contributed by atoms with Gasteiger partial charge in [-0.25, -0.2) is 9.18 Å². The first-order valence-corrected chi connectivity index (χ1v) is 4.50. The number of alkyl halides is 1. The molecular weight excluding hydrogens is 159 g/mol. The molecule has 0 bridgehead atoms. The third-order valence-electron chi connectivity index (χ3n) is 1.97. The van der Waals surface area contributed by atoms with Gasteiger partial charge in [-0.05, 0) is 12.8 Å². The molecule has 0 heterocycles. The SMILES string of the molecule is CCCC(CCC)C(F)C(=O)O. The Morgan fingerprint density at radius 1 is 1.33 bits per heavy atom. The lowest BCUT2D eigenvalue weighted by Gasteiger charge is -2.15. The molecule has 0 amide bonds. The smallest absolute Gasteiger partial charge is 0.338 e. The van der Waals surface area contributed by atoms with Crippen molar-refractivity contribution in [2.75, 3.05) is 0 Å². The molecule has 0 saturated carbocycles. The molecule has 3 heteroatoms. The molecule has 1 N–H and O–H groups in total. The first-order valence-electron chi connectivity index (χ1n) is 4.50. The first kappa shape index (κ1) is 11.4. The maximum atomic E-state index is 13.0. The topological polar surface area (TPSA) is 37.3 Å². The van der Waals surface area contributed by atoms with Crippen molar-refractivity contribution in [2.45, 2.75) is 45.7 Å². The summed E-state index contributed by atoms with van der Waals surface area (Å²) in [5, 5.41) is 8.43. The van der Waals surface area contributed by atoms with Crippen LogP contribution in [0.3, 0.4) is 0 Å². The summed E-state index contributed by atoms with van der Waals surface area (Å²) in [6.45, 7) is 3.88. The van der Waals surface area contributed by atoms with E-state index < -0.39 is 12.1 Å². The van der Waals surface area contributed by atoms with Gasteiger partial charge in [0.05, 0.1) is 0 Å². The molecule has 72 valence electrons. The summed E-state index contributed by atoms with van der Waals surface area (Å²) >= 11 is 0. The van der Waals surface area contributed by atoms with Crippen LogP contribution in [0.2, 0.25) is 0 Å². The van der Waals surface area contributed by atoms with Gasteiger partial charge < -0.3 is 5.11 Å². The molecule has 0 aromatic heterocycles. The summed E-state index contributed by atoms with van der Waals surface area (Å²) in [5.41, 5.74) is 0. The van der Waals surface area contributed by atoms with Crippen LogP contribution < -0.4 is 0 Å². The van der Waals surface area contributed by atoms with E-state index in [0.29, 0.717) is 12.8 Å². The predicted octanol–water partition coefficient (Wildman–Crippen LogP) is 2.63. The Balaban J connectivity index is 3.98. The molecule has 0 saturated heterocycles. The maximum absolute atomic E-state index is 13.0. The van der Waals surface area contributed by atoms with Crippen LogP contribution in [-0.4, -0.2) is 17.2 Å². The second kappa shape index (κ2) is 5.98. The van der Waals surface area contributed by atoms with Crippen molar-refractivity contribution >= 4 is 5.97 Å². The van der Waals surface area contributed by atoms with Crippen molar-refractivity contribution in [3.05, 3.63) is 0 Å². The highest BCUT2D eigenvalue weighted by Gasteiger charge is 2.25. The highest BCUT2D eigenvalue weighted by Crippen LogP contribution is 2.20. The van der Waals surface area contributed by atoms with Gasteiger partial charge in [-0.15, -0.1) is 0 Å². The van der Waals surface area contributed by atoms with E-state index >= 15 is 0 Å². The van der Waals surface area contributed by atoms with E-state index in [-0.39, 0.29) is 5.92 Å². The summed E-state index contributed by atoms with van der Waals surface area (Å²) in [7, 11) is 0. The van der Waals surface area contributed by atoms with Gasteiger partial charge >= 0.3 is 5.97 Å². The van der Waals surface area contributed by atoms with Crippen molar-refractivity contribution in [3.63, 3.8) is 0 Å². The minimum absolute atomic E-state index is 0.294. The lowest BCUT2D eigenvalue weighted by atomic mass is 9.93. The molecule has 0 fully saturated rings. The van der Waals surface area contributed by atoms with E-state index in [2.05, 4.69) is 0 Å². The molecule has 0 radical (unpaired) electrons. The van der Waals surface area contributed by atoms with Crippen LogP contribution in [0.15, 0.2) is 0 Å². The van der Waals surface area contributed by atoms with Crippen LogP contribution in [0.4, 0.5) is 4.39 Å². The minimum Gasteiger partial charge on any atom is -0.479 e. The van der Waals surface area contributed by atoms with Crippen molar-refractivity contribution < 1.29 is 14.3 Å². The fourth-order valence-corrected chi connectivity index (χ4v) is 1.38. The van der Waals surface area contributed by atoms with Gasteiger partial charge in [0.25, 0.3) is 0 Å². The molecule has 1 atom stereocenters. The van der Waals surface area contributed by atoms with Gasteiger partial charge in [-0.1, -0.05) is 26.7 Å². The van der Waals surface area contributed by atoms with Gasteiger partial charge in [-0.2, -0.15) is 0 Å². The fraction of sp³-hybridized carbons (Fsp3) is 0.889. The molecule has 0 aliphatic carbocycles. The van der Waals surface area contributed by atoms with Crippen LogP contribution in [0.1, 0.15) is 39.5 Å². The number of carboxylic acids is 1. The fourth-order valence-electron chi connectivity index (χ4n) is 1.38. The van der Waals surface area contributed by atoms with Crippen LogP contribution >= 0.6 is 0 Å². The highest BCUT2D eigenvalue weighted by molar-refractivity contribution is 5.72. The number of carbonyl (C=O) groups is 1. The largest absolute Gasteiger partial charge is 0.479 e. The summed E-state index contributed by atoms with van der Waals surface area (Å²) < 4.78 is 13.0. The standard InChI is InChI=1S/C9H17FO2/c1-3-5-7(6-4-2)8(10)9(11)12/h7-8H,3-6H2,1-2H3,(H,11,12). The lowest BCUT2D eigenvalue weighted by Crippen LogP contribution is -2.24. The Kier molecular flexibility index (Phi) is 5.68. The van der Waals surface area contributed by atoms with Crippen molar-refractivity contribution in [1.82, 2.24) is 0 Å². The molecule has 0 aliphatic heterocycles. The van der Waals surface area contributed by atoms with Gasteiger partial charge in [0.1, 0.15) is 0 Å². The number of carboxylic acid groups (broad SMARTS) is 1. The normalized spacial score (nSPS) is 13.3. The molecule has 0 aliphatic rings. The predicted molar refractivity (Wildman–Crippen MR) is 45.8 cm³/mol. The van der Waals surface area contributed by atoms with Gasteiger partial charge in [-0.3, -0.25) is 0 Å². The van der Waals surface area contributed by atoms with Gasteiger partial charge in [0.2, 0.25) is 0 Å². The van der Waals surface area contributed by atoms with E-state index in [1.54, 1.807) is 0 Å². The second-order valence-electron chi connectivity index (χ2n) is 3.08. The average molecular weight is 176 g/mol. The monoisotopic (exact) mass is 176 g/mol. The van der Waals surface area contributed by atoms with Crippen molar-refractivity contribution in [2.24, 2.45) is 5.92 Å². The van der Waals surface area contributed by atoms with E-state index in [1.165, 1.54) is 0 Å². The zero-order chi connectivity index (χ0) is 9.56. The Hall–Kier alpha value is -0.600. The van der Waals surface area contributed by atoms with E-state index in [9.17, 15) is 9.18 Å². The zero-order valence-corrected chi connectivity index (χ0v) is 7.72. The Morgan fingerprint density at radius 3 is 2.00 bits per heavy atom. The van der Waals surface area contributed by atoms with Crippen molar-refractivity contribution in [3.8, 4) is 0 Å². The molecule has 0 rings (SSSR count). The number of hydrogen-bond acceptors (Lipinski definition) is 1. The van der Waals surface area contributed by atoms with E-state index in [4.69, 9.17) is 5.11 Å². The third kappa shape index (κ3) is 3.69. The van der Waals surface area contributed by atoms with E-state index in [1.807, 2.05) is 13.8 Å². The lowest BCUT2D eigenvalue weighted by molar-refractivity contribution is -0.145. The molecule has 0 aromatic carbocycles. The molecule has 12 heavy (non-hydrogen) atoms. The minimum atomic E-state index is -1.68. The Bertz CT molecular complexity index is 130.